The molecule has 0 saturated heterocycles. The van der Waals surface area contributed by atoms with Crippen molar-refractivity contribution in [3.8, 4) is 5.75 Å². The number of ether oxygens (including phenoxy) is 1. The van der Waals surface area contributed by atoms with Crippen LogP contribution in [0.3, 0.4) is 0 Å². The van der Waals surface area contributed by atoms with Crippen LogP contribution in [0, 0.1) is 5.82 Å². The minimum absolute atomic E-state index is 0.0900. The highest BCUT2D eigenvalue weighted by Gasteiger charge is 2.18. The number of halogens is 2. The Hall–Kier alpha value is -3.18. The summed E-state index contributed by atoms with van der Waals surface area (Å²) in [5, 5.41) is 3.49. The van der Waals surface area contributed by atoms with Crippen molar-refractivity contribution in [3.05, 3.63) is 100 Å². The molecule has 0 radical (unpaired) electrons. The second kappa shape index (κ2) is 9.34. The van der Waals surface area contributed by atoms with Gasteiger partial charge < -0.3 is 10.1 Å². The van der Waals surface area contributed by atoms with Gasteiger partial charge in [-0.25, -0.2) is 4.39 Å². The number of carbonyl (C=O) groups is 2. The van der Waals surface area contributed by atoms with Gasteiger partial charge in [0.1, 0.15) is 11.6 Å². The Labute approximate surface area is 173 Å². The molecule has 29 heavy (non-hydrogen) atoms. The Morgan fingerprint density at radius 3 is 2.41 bits per heavy atom. The van der Waals surface area contributed by atoms with E-state index in [9.17, 15) is 14.0 Å². The van der Waals surface area contributed by atoms with Gasteiger partial charge in [-0.1, -0.05) is 54.1 Å². The molecule has 4 nitrogen and oxygen atoms in total. The third-order valence-corrected chi connectivity index (χ3v) is 4.54. The molecule has 1 atom stereocenters. The SMILES string of the molecule is CC(=O)c1cc(F)ccc1OCC(=O)NC(c1ccccc1)c1cccc(Cl)c1. The van der Waals surface area contributed by atoms with Crippen LogP contribution in [0.4, 0.5) is 4.39 Å². The van der Waals surface area contributed by atoms with E-state index in [-0.39, 0.29) is 23.7 Å². The fourth-order valence-electron chi connectivity index (χ4n) is 2.94. The molecule has 1 unspecified atom stereocenters. The summed E-state index contributed by atoms with van der Waals surface area (Å²) in [6.07, 6.45) is 0. The van der Waals surface area contributed by atoms with Gasteiger partial charge in [0.25, 0.3) is 5.91 Å². The summed E-state index contributed by atoms with van der Waals surface area (Å²) in [6, 6.07) is 19.9. The summed E-state index contributed by atoms with van der Waals surface area (Å²) in [5.41, 5.74) is 1.80. The number of carbonyl (C=O) groups excluding carboxylic acids is 2. The van der Waals surface area contributed by atoms with Gasteiger partial charge in [0, 0.05) is 5.02 Å². The summed E-state index contributed by atoms with van der Waals surface area (Å²) >= 11 is 6.11. The van der Waals surface area contributed by atoms with Crippen LogP contribution >= 0.6 is 11.6 Å². The van der Waals surface area contributed by atoms with Crippen LogP contribution in [0.5, 0.6) is 5.75 Å². The van der Waals surface area contributed by atoms with Crippen LogP contribution in [0.25, 0.3) is 0 Å². The smallest absolute Gasteiger partial charge is 0.258 e. The molecule has 0 fully saturated rings. The molecule has 3 aromatic rings. The number of hydrogen-bond donors (Lipinski definition) is 1. The molecule has 6 heteroatoms. The average Bonchev–Trinajstić information content (AvgIpc) is 2.71. The van der Waals surface area contributed by atoms with Crippen LogP contribution in [-0.2, 0) is 4.79 Å². The van der Waals surface area contributed by atoms with E-state index in [2.05, 4.69) is 5.32 Å². The van der Waals surface area contributed by atoms with Crippen LogP contribution in [0.2, 0.25) is 5.02 Å². The average molecular weight is 412 g/mol. The molecule has 0 aliphatic heterocycles. The number of ketones is 1. The monoisotopic (exact) mass is 411 g/mol. The van der Waals surface area contributed by atoms with Crippen LogP contribution in [-0.4, -0.2) is 18.3 Å². The molecular formula is C23H19ClFNO3. The molecule has 1 N–H and O–H groups in total. The van der Waals surface area contributed by atoms with E-state index in [4.69, 9.17) is 16.3 Å². The van der Waals surface area contributed by atoms with Crippen molar-refractivity contribution in [1.29, 1.82) is 0 Å². The zero-order valence-electron chi connectivity index (χ0n) is 15.7. The zero-order valence-corrected chi connectivity index (χ0v) is 16.4. The first kappa shape index (κ1) is 20.6. The van der Waals surface area contributed by atoms with Crippen LogP contribution < -0.4 is 10.1 Å². The predicted octanol–water partition coefficient (Wildman–Crippen LogP) is 4.97. The minimum atomic E-state index is -0.544. The van der Waals surface area contributed by atoms with Crippen molar-refractivity contribution in [2.75, 3.05) is 6.61 Å². The lowest BCUT2D eigenvalue weighted by Gasteiger charge is -2.20. The third kappa shape index (κ3) is 5.42. The maximum atomic E-state index is 13.4. The van der Waals surface area contributed by atoms with E-state index in [1.165, 1.54) is 19.1 Å². The highest BCUT2D eigenvalue weighted by atomic mass is 35.5. The normalized spacial score (nSPS) is 11.6. The quantitative estimate of drug-likeness (QED) is 0.559. The number of hydrogen-bond acceptors (Lipinski definition) is 3. The van der Waals surface area contributed by atoms with E-state index in [0.29, 0.717) is 5.02 Å². The Kier molecular flexibility index (Phi) is 6.62. The van der Waals surface area contributed by atoms with E-state index < -0.39 is 17.8 Å². The van der Waals surface area contributed by atoms with Crippen molar-refractivity contribution in [2.45, 2.75) is 13.0 Å². The fraction of sp³-hybridized carbons (Fsp3) is 0.130. The maximum absolute atomic E-state index is 13.4. The third-order valence-electron chi connectivity index (χ3n) is 4.30. The van der Waals surface area contributed by atoms with Crippen molar-refractivity contribution in [1.82, 2.24) is 5.32 Å². The first-order valence-electron chi connectivity index (χ1n) is 8.97. The zero-order chi connectivity index (χ0) is 20.8. The largest absolute Gasteiger partial charge is 0.483 e. The van der Waals surface area contributed by atoms with E-state index in [0.717, 1.165) is 17.2 Å². The predicted molar refractivity (Wildman–Crippen MR) is 110 cm³/mol. The van der Waals surface area contributed by atoms with E-state index >= 15 is 0 Å². The molecule has 1 amide bonds. The van der Waals surface area contributed by atoms with Crippen LogP contribution in [0.15, 0.2) is 72.8 Å². The highest BCUT2D eigenvalue weighted by Crippen LogP contribution is 2.25. The number of benzene rings is 3. The summed E-state index contributed by atoms with van der Waals surface area (Å²) < 4.78 is 18.9. The number of rotatable bonds is 7. The van der Waals surface area contributed by atoms with Gasteiger partial charge in [-0.2, -0.15) is 0 Å². The van der Waals surface area contributed by atoms with Gasteiger partial charge in [-0.05, 0) is 48.4 Å². The lowest BCUT2D eigenvalue weighted by Crippen LogP contribution is -2.33. The molecule has 148 valence electrons. The molecule has 0 bridgehead atoms. The summed E-state index contributed by atoms with van der Waals surface area (Å²) in [6.45, 7) is 0.988. The first-order chi connectivity index (χ1) is 13.9. The Morgan fingerprint density at radius 1 is 1.00 bits per heavy atom. The van der Waals surface area contributed by atoms with Gasteiger partial charge in [0.15, 0.2) is 12.4 Å². The molecular weight excluding hydrogens is 393 g/mol. The molecule has 0 aromatic heterocycles. The molecule has 0 saturated carbocycles. The Balaban J connectivity index is 1.77. The van der Waals surface area contributed by atoms with Crippen LogP contribution in [0.1, 0.15) is 34.5 Å². The van der Waals surface area contributed by atoms with Gasteiger partial charge in [0.2, 0.25) is 0 Å². The molecule has 0 aliphatic carbocycles. The second-order valence-electron chi connectivity index (χ2n) is 6.45. The standard InChI is InChI=1S/C23H19ClFNO3/c1-15(27)20-13-19(25)10-11-21(20)29-14-22(28)26-23(16-6-3-2-4-7-16)17-8-5-9-18(24)12-17/h2-13,23H,14H2,1H3,(H,26,28). The summed E-state index contributed by atoms with van der Waals surface area (Å²) in [4.78, 5) is 24.3. The van der Waals surface area contributed by atoms with Gasteiger partial charge >= 0.3 is 0 Å². The van der Waals surface area contributed by atoms with Crippen molar-refractivity contribution < 1.29 is 18.7 Å². The summed E-state index contributed by atoms with van der Waals surface area (Å²) in [5.74, 6) is -1.12. The molecule has 3 rings (SSSR count). The second-order valence-corrected chi connectivity index (χ2v) is 6.89. The molecule has 0 spiro atoms. The lowest BCUT2D eigenvalue weighted by molar-refractivity contribution is -0.123. The Morgan fingerprint density at radius 2 is 1.72 bits per heavy atom. The van der Waals surface area contributed by atoms with E-state index in [1.54, 1.807) is 12.1 Å². The first-order valence-corrected chi connectivity index (χ1v) is 9.35. The Bertz CT molecular complexity index is 1020. The minimum Gasteiger partial charge on any atom is -0.483 e. The summed E-state index contributed by atoms with van der Waals surface area (Å²) in [7, 11) is 0. The maximum Gasteiger partial charge on any atom is 0.258 e. The fourth-order valence-corrected chi connectivity index (χ4v) is 3.14. The van der Waals surface area contributed by atoms with Gasteiger partial charge in [-0.15, -0.1) is 0 Å². The topological polar surface area (TPSA) is 55.4 Å². The van der Waals surface area contributed by atoms with Gasteiger partial charge in [-0.3, -0.25) is 9.59 Å². The van der Waals surface area contributed by atoms with Gasteiger partial charge in [0.05, 0.1) is 11.6 Å². The molecule has 3 aromatic carbocycles. The number of nitrogens with one attached hydrogen (secondary N) is 1. The molecule has 0 heterocycles. The van der Waals surface area contributed by atoms with Crippen molar-refractivity contribution in [3.63, 3.8) is 0 Å². The lowest BCUT2D eigenvalue weighted by atomic mass is 9.99. The van der Waals surface area contributed by atoms with Crippen molar-refractivity contribution in [2.24, 2.45) is 0 Å². The molecule has 0 aliphatic rings. The van der Waals surface area contributed by atoms with E-state index in [1.807, 2.05) is 42.5 Å². The highest BCUT2D eigenvalue weighted by molar-refractivity contribution is 6.30. The number of Topliss-reactive ketones (excluding diaryl/α,β-unsaturated/α-hetero) is 1. The number of amides is 1. The van der Waals surface area contributed by atoms with Crippen molar-refractivity contribution >= 4 is 23.3 Å².